The fraction of sp³-hybridized carbons (Fsp3) is 0.595. The molecular formula is C37H56O3. The summed E-state index contributed by atoms with van der Waals surface area (Å²) in [6.45, 7) is 32.4. The Hall–Kier alpha value is -2.55. The second-order valence-corrected chi connectivity index (χ2v) is 14.2. The normalized spacial score (nSPS) is 13.7. The molecule has 0 saturated carbocycles. The van der Waals surface area contributed by atoms with Crippen LogP contribution >= 0.6 is 0 Å². The van der Waals surface area contributed by atoms with Gasteiger partial charge in [0, 0.05) is 34.2 Å². The van der Waals surface area contributed by atoms with Gasteiger partial charge in [-0.25, -0.2) is 4.79 Å². The fourth-order valence-corrected chi connectivity index (χ4v) is 5.25. The van der Waals surface area contributed by atoms with Gasteiger partial charge in [-0.05, 0) is 58.5 Å². The minimum atomic E-state index is -0.467. The zero-order valence-electron chi connectivity index (χ0n) is 27.8. The van der Waals surface area contributed by atoms with Crippen molar-refractivity contribution in [2.75, 3.05) is 0 Å². The predicted molar refractivity (Wildman–Crippen MR) is 171 cm³/mol. The summed E-state index contributed by atoms with van der Waals surface area (Å²) in [6.07, 6.45) is 4.96. The Morgan fingerprint density at radius 2 is 1.30 bits per heavy atom. The van der Waals surface area contributed by atoms with Crippen LogP contribution in [0.5, 0.6) is 11.5 Å². The van der Waals surface area contributed by atoms with Crippen molar-refractivity contribution in [2.24, 2.45) is 0 Å². The Kier molecular flexibility index (Phi) is 10.2. The van der Waals surface area contributed by atoms with Crippen molar-refractivity contribution in [1.82, 2.24) is 0 Å². The molecule has 1 atom stereocenters. The van der Waals surface area contributed by atoms with Gasteiger partial charge in [0.25, 0.3) is 0 Å². The van der Waals surface area contributed by atoms with Gasteiger partial charge in [-0.1, -0.05) is 121 Å². The number of rotatable bonds is 12. The third kappa shape index (κ3) is 6.50. The molecule has 2 rings (SSSR count). The van der Waals surface area contributed by atoms with E-state index in [0.29, 0.717) is 11.5 Å². The van der Waals surface area contributed by atoms with E-state index in [2.05, 4.69) is 121 Å². The van der Waals surface area contributed by atoms with E-state index in [1.165, 1.54) is 17.2 Å². The Morgan fingerprint density at radius 1 is 0.800 bits per heavy atom. The molecule has 0 amide bonds. The van der Waals surface area contributed by atoms with Gasteiger partial charge in [0.2, 0.25) is 0 Å². The smallest absolute Gasteiger partial charge is 0.335 e. The number of carbonyl (C=O) groups is 1. The van der Waals surface area contributed by atoms with Gasteiger partial charge in [0.1, 0.15) is 11.5 Å². The molecule has 0 bridgehead atoms. The van der Waals surface area contributed by atoms with Gasteiger partial charge in [-0.15, -0.1) is 0 Å². The maximum atomic E-state index is 12.8. The van der Waals surface area contributed by atoms with E-state index >= 15 is 0 Å². The molecule has 0 saturated heterocycles. The van der Waals surface area contributed by atoms with E-state index in [-0.39, 0.29) is 27.6 Å². The van der Waals surface area contributed by atoms with Gasteiger partial charge in [-0.3, -0.25) is 0 Å². The lowest BCUT2D eigenvalue weighted by atomic mass is 9.69. The molecular weight excluding hydrogens is 492 g/mol. The number of aromatic hydroxyl groups is 1. The van der Waals surface area contributed by atoms with E-state index in [1.807, 2.05) is 0 Å². The molecule has 0 spiro atoms. The van der Waals surface area contributed by atoms with Gasteiger partial charge >= 0.3 is 5.97 Å². The minimum Gasteiger partial charge on any atom is -0.507 e. The number of hydrogen-bond acceptors (Lipinski definition) is 3. The summed E-state index contributed by atoms with van der Waals surface area (Å²) in [5.41, 5.74) is 5.64. The quantitative estimate of drug-likeness (QED) is 0.163. The first kappa shape index (κ1) is 33.7. The minimum absolute atomic E-state index is 0.0523. The Balaban J connectivity index is 3.07. The summed E-state index contributed by atoms with van der Waals surface area (Å²) in [4.78, 5) is 12.8. The van der Waals surface area contributed by atoms with Crippen LogP contribution < -0.4 is 4.74 Å². The monoisotopic (exact) mass is 548 g/mol. The lowest BCUT2D eigenvalue weighted by molar-refractivity contribution is -0.129. The second kappa shape index (κ2) is 12.1. The Labute approximate surface area is 245 Å². The van der Waals surface area contributed by atoms with E-state index in [4.69, 9.17) is 4.74 Å². The van der Waals surface area contributed by atoms with Crippen LogP contribution in [-0.2, 0) is 26.5 Å². The second-order valence-electron chi connectivity index (χ2n) is 14.2. The van der Waals surface area contributed by atoms with Gasteiger partial charge in [0.05, 0.1) is 0 Å². The number of phenols is 1. The van der Waals surface area contributed by atoms with Crippen molar-refractivity contribution in [1.29, 1.82) is 0 Å². The van der Waals surface area contributed by atoms with Crippen LogP contribution in [0.15, 0.2) is 36.9 Å². The maximum Gasteiger partial charge on any atom is 0.335 e. The molecule has 1 N–H and O–H groups in total. The summed E-state index contributed by atoms with van der Waals surface area (Å²) in [5, 5.41) is 11.8. The molecule has 3 heteroatoms. The van der Waals surface area contributed by atoms with Crippen molar-refractivity contribution in [2.45, 2.75) is 143 Å². The number of esters is 1. The first-order valence-electron chi connectivity index (χ1n) is 15.2. The number of carbonyl (C=O) groups excluding carboxylic acids is 1. The molecule has 222 valence electrons. The largest absolute Gasteiger partial charge is 0.507 e. The summed E-state index contributed by atoms with van der Waals surface area (Å²) in [7, 11) is 0. The van der Waals surface area contributed by atoms with Crippen LogP contribution in [0.1, 0.15) is 155 Å². The van der Waals surface area contributed by atoms with Crippen molar-refractivity contribution in [3.8, 4) is 11.5 Å². The lowest BCUT2D eigenvalue weighted by Crippen LogP contribution is -2.28. The first-order valence-corrected chi connectivity index (χ1v) is 15.2. The van der Waals surface area contributed by atoms with Gasteiger partial charge in [-0.2, -0.15) is 0 Å². The number of benzene rings is 2. The van der Waals surface area contributed by atoms with Crippen LogP contribution in [0.4, 0.5) is 0 Å². The molecule has 40 heavy (non-hydrogen) atoms. The first-order chi connectivity index (χ1) is 18.3. The molecule has 2 aromatic rings. The number of ether oxygens (including phenoxy) is 1. The number of phenolic OH excluding ortho intramolecular Hbond substituents is 1. The average Bonchev–Trinajstić information content (AvgIpc) is 2.91. The van der Waals surface area contributed by atoms with Crippen LogP contribution in [0.2, 0.25) is 0 Å². The van der Waals surface area contributed by atoms with Gasteiger partial charge in [0.15, 0.2) is 0 Å². The summed E-state index contributed by atoms with van der Waals surface area (Å²) in [5.74, 6) is 0.271. The summed E-state index contributed by atoms with van der Waals surface area (Å²) >= 11 is 0. The fourth-order valence-electron chi connectivity index (χ4n) is 5.25. The highest BCUT2D eigenvalue weighted by atomic mass is 16.5. The summed E-state index contributed by atoms with van der Waals surface area (Å²) < 4.78 is 6.18. The molecule has 0 aromatic heterocycles. The molecule has 0 radical (unpaired) electrons. The molecule has 0 aliphatic carbocycles. The SMILES string of the molecule is C=CC(=O)Oc1c(C(C)c2cc(C(C)(C)CC)cc(C(C)(C)CC)c2O)ccc(C(C)(C)CC)c1C(C)(C)CC. The van der Waals surface area contributed by atoms with Crippen LogP contribution in [0.25, 0.3) is 0 Å². The molecule has 1 unspecified atom stereocenters. The van der Waals surface area contributed by atoms with Gasteiger partial charge < -0.3 is 9.84 Å². The third-order valence-corrected chi connectivity index (χ3v) is 10.1. The zero-order valence-corrected chi connectivity index (χ0v) is 27.8. The van der Waals surface area contributed by atoms with Crippen molar-refractivity contribution >= 4 is 5.97 Å². The summed E-state index contributed by atoms with van der Waals surface area (Å²) in [6, 6.07) is 8.71. The maximum absolute atomic E-state index is 12.8. The highest BCUT2D eigenvalue weighted by Gasteiger charge is 2.36. The molecule has 0 fully saturated rings. The highest BCUT2D eigenvalue weighted by Crippen LogP contribution is 2.49. The molecule has 0 aliphatic rings. The highest BCUT2D eigenvalue weighted by molar-refractivity contribution is 5.84. The molecule has 3 nitrogen and oxygen atoms in total. The topological polar surface area (TPSA) is 46.5 Å². The van der Waals surface area contributed by atoms with Crippen LogP contribution in [0.3, 0.4) is 0 Å². The van der Waals surface area contributed by atoms with Crippen molar-refractivity contribution < 1.29 is 14.6 Å². The van der Waals surface area contributed by atoms with E-state index < -0.39 is 5.97 Å². The zero-order chi connectivity index (χ0) is 30.8. The predicted octanol–water partition coefficient (Wildman–Crippen LogP) is 10.4. The Bertz CT molecular complexity index is 1230. The van der Waals surface area contributed by atoms with Crippen molar-refractivity contribution in [3.63, 3.8) is 0 Å². The van der Waals surface area contributed by atoms with E-state index in [1.54, 1.807) is 0 Å². The van der Waals surface area contributed by atoms with E-state index in [9.17, 15) is 9.90 Å². The number of hydrogen-bond donors (Lipinski definition) is 1. The Morgan fingerprint density at radius 3 is 1.77 bits per heavy atom. The lowest BCUT2D eigenvalue weighted by Gasteiger charge is -2.37. The average molecular weight is 549 g/mol. The third-order valence-electron chi connectivity index (χ3n) is 10.1. The van der Waals surface area contributed by atoms with Crippen LogP contribution in [0, 0.1) is 0 Å². The van der Waals surface area contributed by atoms with Crippen LogP contribution in [-0.4, -0.2) is 11.1 Å². The van der Waals surface area contributed by atoms with Crippen molar-refractivity contribution in [3.05, 3.63) is 70.3 Å². The standard InChI is InChI=1S/C37H56O3/c1-15-30(38)40-33-26(20-21-28(35(9,10)17-3)31(33)37(13,14)19-5)24(6)27-22-25(34(7,8)16-2)23-29(32(27)39)36(11,12)18-4/h15,20-24,39H,1,16-19H2,2-14H3. The molecule has 0 aliphatic heterocycles. The van der Waals surface area contributed by atoms with E-state index in [0.717, 1.165) is 47.9 Å². The molecule has 2 aromatic carbocycles. The molecule has 0 heterocycles.